The molecule has 0 amide bonds. The van der Waals surface area contributed by atoms with E-state index in [9.17, 15) is 0 Å². The lowest BCUT2D eigenvalue weighted by molar-refractivity contribution is 0.674. The van der Waals surface area contributed by atoms with Crippen LogP contribution in [0.4, 0.5) is 17.1 Å². The highest BCUT2D eigenvalue weighted by atomic mass is 32.1. The molecular formula is C52H33NOS. The Morgan fingerprint density at radius 1 is 0.327 bits per heavy atom. The molecular weight excluding hydrogens is 687 g/mol. The molecule has 2 heterocycles. The molecule has 0 aliphatic heterocycles. The van der Waals surface area contributed by atoms with Gasteiger partial charge in [0.15, 0.2) is 0 Å². The molecule has 0 unspecified atom stereocenters. The van der Waals surface area contributed by atoms with Gasteiger partial charge in [-0.1, -0.05) is 152 Å². The van der Waals surface area contributed by atoms with E-state index in [0.29, 0.717) is 0 Å². The second-order valence-corrected chi connectivity index (χ2v) is 15.1. The molecule has 3 heteroatoms. The first kappa shape index (κ1) is 31.6. The largest absolute Gasteiger partial charge is 0.455 e. The molecule has 55 heavy (non-hydrogen) atoms. The van der Waals surface area contributed by atoms with E-state index >= 15 is 0 Å². The summed E-state index contributed by atoms with van der Waals surface area (Å²) in [5.41, 5.74) is 12.2. The lowest BCUT2D eigenvalue weighted by Crippen LogP contribution is -2.09. The summed E-state index contributed by atoms with van der Waals surface area (Å²) in [4.78, 5) is 2.36. The van der Waals surface area contributed by atoms with E-state index in [1.165, 1.54) is 42.2 Å². The summed E-state index contributed by atoms with van der Waals surface area (Å²) in [6.45, 7) is 0. The maximum Gasteiger partial charge on any atom is 0.143 e. The van der Waals surface area contributed by atoms with Crippen LogP contribution in [0.1, 0.15) is 0 Å². The summed E-state index contributed by atoms with van der Waals surface area (Å²) in [5.74, 6) is 0. The van der Waals surface area contributed by atoms with Gasteiger partial charge in [-0.3, -0.25) is 0 Å². The molecule has 11 rings (SSSR count). The number of hydrogen-bond acceptors (Lipinski definition) is 3. The molecule has 11 aromatic rings. The van der Waals surface area contributed by atoms with Crippen LogP contribution < -0.4 is 4.90 Å². The van der Waals surface area contributed by atoms with Crippen LogP contribution in [-0.4, -0.2) is 0 Å². The summed E-state index contributed by atoms with van der Waals surface area (Å²) in [6, 6.07) is 72.0. The molecule has 2 aromatic heterocycles. The van der Waals surface area contributed by atoms with E-state index in [0.717, 1.165) is 61.1 Å². The Balaban J connectivity index is 1.03. The highest BCUT2D eigenvalue weighted by Gasteiger charge is 2.19. The van der Waals surface area contributed by atoms with Crippen molar-refractivity contribution in [1.82, 2.24) is 0 Å². The highest BCUT2D eigenvalue weighted by Crippen LogP contribution is 2.45. The van der Waals surface area contributed by atoms with E-state index in [1.54, 1.807) is 0 Å². The van der Waals surface area contributed by atoms with Gasteiger partial charge in [-0.15, -0.1) is 11.3 Å². The molecule has 0 bridgehead atoms. The molecule has 0 N–H and O–H groups in total. The van der Waals surface area contributed by atoms with Gasteiger partial charge in [0, 0.05) is 59.0 Å². The first-order valence-electron chi connectivity index (χ1n) is 18.7. The van der Waals surface area contributed by atoms with Gasteiger partial charge in [0.1, 0.15) is 11.2 Å². The molecule has 0 saturated carbocycles. The van der Waals surface area contributed by atoms with Crippen molar-refractivity contribution < 1.29 is 4.42 Å². The molecule has 0 fully saturated rings. The Morgan fingerprint density at radius 2 is 0.891 bits per heavy atom. The minimum Gasteiger partial charge on any atom is -0.455 e. The van der Waals surface area contributed by atoms with Gasteiger partial charge in [0.25, 0.3) is 0 Å². The second-order valence-electron chi connectivity index (χ2n) is 14.0. The van der Waals surface area contributed by atoms with Gasteiger partial charge in [-0.25, -0.2) is 0 Å². The monoisotopic (exact) mass is 719 g/mol. The average molecular weight is 720 g/mol. The van der Waals surface area contributed by atoms with Crippen LogP contribution in [0.25, 0.3) is 86.3 Å². The van der Waals surface area contributed by atoms with Crippen LogP contribution in [0.5, 0.6) is 0 Å². The van der Waals surface area contributed by atoms with Crippen LogP contribution in [0, 0.1) is 0 Å². The number of thiophene rings is 1. The normalized spacial score (nSPS) is 11.6. The van der Waals surface area contributed by atoms with E-state index in [-0.39, 0.29) is 0 Å². The summed E-state index contributed by atoms with van der Waals surface area (Å²) < 4.78 is 9.40. The van der Waals surface area contributed by atoms with Crippen molar-refractivity contribution in [2.24, 2.45) is 0 Å². The fraction of sp³-hybridized carbons (Fsp3) is 0. The van der Waals surface area contributed by atoms with Gasteiger partial charge in [-0.2, -0.15) is 0 Å². The van der Waals surface area contributed by atoms with Crippen molar-refractivity contribution in [3.05, 3.63) is 200 Å². The number of para-hydroxylation sites is 2. The molecule has 0 radical (unpaired) electrons. The van der Waals surface area contributed by atoms with Crippen molar-refractivity contribution in [2.45, 2.75) is 0 Å². The third kappa shape index (κ3) is 5.24. The van der Waals surface area contributed by atoms with E-state index in [2.05, 4.69) is 205 Å². The van der Waals surface area contributed by atoms with Crippen LogP contribution in [0.2, 0.25) is 0 Å². The van der Waals surface area contributed by atoms with Crippen molar-refractivity contribution in [3.8, 4) is 33.4 Å². The second kappa shape index (κ2) is 12.9. The van der Waals surface area contributed by atoms with Crippen molar-refractivity contribution in [2.75, 3.05) is 4.90 Å². The Morgan fingerprint density at radius 3 is 1.71 bits per heavy atom. The smallest absolute Gasteiger partial charge is 0.143 e. The Kier molecular flexibility index (Phi) is 7.39. The summed E-state index contributed by atoms with van der Waals surface area (Å²) in [5, 5.41) is 7.17. The topological polar surface area (TPSA) is 16.4 Å². The number of rotatable bonds is 6. The zero-order valence-electron chi connectivity index (χ0n) is 29.8. The minimum atomic E-state index is 0.922. The molecule has 258 valence electrons. The lowest BCUT2D eigenvalue weighted by Gasteiger charge is -2.26. The van der Waals surface area contributed by atoms with Gasteiger partial charge >= 0.3 is 0 Å². The third-order valence-electron chi connectivity index (χ3n) is 10.9. The predicted molar refractivity (Wildman–Crippen MR) is 235 cm³/mol. The summed E-state index contributed by atoms with van der Waals surface area (Å²) in [7, 11) is 0. The number of furan rings is 1. The van der Waals surface area contributed by atoms with Gasteiger partial charge in [-0.05, 0) is 81.7 Å². The van der Waals surface area contributed by atoms with Crippen molar-refractivity contribution >= 4 is 81.3 Å². The van der Waals surface area contributed by atoms with Crippen LogP contribution >= 0.6 is 11.3 Å². The first-order chi connectivity index (χ1) is 27.3. The third-order valence-corrected chi connectivity index (χ3v) is 12.1. The maximum atomic E-state index is 6.77. The van der Waals surface area contributed by atoms with Crippen LogP contribution in [0.15, 0.2) is 205 Å². The van der Waals surface area contributed by atoms with Gasteiger partial charge in [0.2, 0.25) is 0 Å². The number of hydrogen-bond donors (Lipinski definition) is 0. The molecule has 0 saturated heterocycles. The number of anilines is 3. The zero-order valence-corrected chi connectivity index (χ0v) is 30.6. The molecule has 9 aromatic carbocycles. The van der Waals surface area contributed by atoms with E-state index in [4.69, 9.17) is 4.42 Å². The van der Waals surface area contributed by atoms with Crippen molar-refractivity contribution in [3.63, 3.8) is 0 Å². The molecule has 0 aliphatic rings. The van der Waals surface area contributed by atoms with Crippen molar-refractivity contribution in [1.29, 1.82) is 0 Å². The molecule has 0 aliphatic carbocycles. The van der Waals surface area contributed by atoms with Crippen LogP contribution in [0.3, 0.4) is 0 Å². The predicted octanol–water partition coefficient (Wildman–Crippen LogP) is 15.6. The molecule has 2 nitrogen and oxygen atoms in total. The minimum absolute atomic E-state index is 0.922. The number of fused-ring (bicyclic) bond motifs is 8. The number of nitrogens with zero attached hydrogens (tertiary/aromatic N) is 1. The quantitative estimate of drug-likeness (QED) is 0.170. The SMILES string of the molecule is c1ccc(-c2cccc3c2oc2c4ccccc4c(-c4ccc(N(c5ccccc5)c5cccc(-c6cccc7c6sc6ccccc67)c5)cc4)cc32)cc1. The standard InChI is InChI=1S/C52H33NOS/c1-3-14-34(15-4-1)40-23-12-25-45-48-33-47(42-20-7-8-22-44(42)51(48)54-50(40)45)35-28-30-38(31-29-35)53(37-17-5-2-6-18-37)39-19-11-16-36(32-39)41-24-13-26-46-43-21-9-10-27-49(43)55-52(41)46/h1-33H. The summed E-state index contributed by atoms with van der Waals surface area (Å²) in [6.07, 6.45) is 0. The highest BCUT2D eigenvalue weighted by molar-refractivity contribution is 7.26. The average Bonchev–Trinajstić information content (AvgIpc) is 3.84. The molecule has 0 atom stereocenters. The Bertz CT molecular complexity index is 3190. The zero-order chi connectivity index (χ0) is 36.3. The maximum absolute atomic E-state index is 6.77. The van der Waals surface area contributed by atoms with Gasteiger partial charge < -0.3 is 9.32 Å². The van der Waals surface area contributed by atoms with Crippen LogP contribution in [-0.2, 0) is 0 Å². The molecule has 0 spiro atoms. The van der Waals surface area contributed by atoms with E-state index in [1.807, 2.05) is 11.3 Å². The fourth-order valence-electron chi connectivity index (χ4n) is 8.31. The van der Waals surface area contributed by atoms with E-state index < -0.39 is 0 Å². The number of benzene rings is 9. The summed E-state index contributed by atoms with van der Waals surface area (Å²) >= 11 is 1.87. The Hall–Kier alpha value is -6.94. The lowest BCUT2D eigenvalue weighted by atomic mass is 9.94. The fourth-order valence-corrected chi connectivity index (χ4v) is 9.54. The Labute approximate surface area is 322 Å². The first-order valence-corrected chi connectivity index (χ1v) is 19.5. The van der Waals surface area contributed by atoms with Gasteiger partial charge in [0.05, 0.1) is 0 Å².